The molecule has 1 saturated carbocycles. The fraction of sp³-hybridized carbons (Fsp3) is 0.625. The second-order valence-corrected chi connectivity index (χ2v) is 6.24. The van der Waals surface area contributed by atoms with Gasteiger partial charge in [0.1, 0.15) is 17.1 Å². The van der Waals surface area contributed by atoms with Crippen LogP contribution in [0.5, 0.6) is 0 Å². The molecule has 1 heterocycles. The summed E-state index contributed by atoms with van der Waals surface area (Å²) in [5.74, 6) is 0.442. The van der Waals surface area contributed by atoms with Gasteiger partial charge in [-0.25, -0.2) is 4.79 Å². The highest BCUT2D eigenvalue weighted by atomic mass is 16.4. The molecule has 1 fully saturated rings. The zero-order valence-corrected chi connectivity index (χ0v) is 13.1. The Labute approximate surface area is 124 Å². The highest BCUT2D eigenvalue weighted by molar-refractivity contribution is 6.00. The molecule has 0 unspecified atom stereocenters. The maximum atomic E-state index is 12.5. The van der Waals surface area contributed by atoms with Crippen molar-refractivity contribution >= 4 is 11.9 Å². The van der Waals surface area contributed by atoms with Crippen LogP contribution in [-0.4, -0.2) is 22.5 Å². The lowest BCUT2D eigenvalue weighted by Gasteiger charge is -2.36. The van der Waals surface area contributed by atoms with Crippen molar-refractivity contribution < 1.29 is 19.1 Å². The quantitative estimate of drug-likeness (QED) is 0.898. The fourth-order valence-corrected chi connectivity index (χ4v) is 3.05. The predicted octanol–water partition coefficient (Wildman–Crippen LogP) is 2.97. The van der Waals surface area contributed by atoms with Gasteiger partial charge in [0, 0.05) is 5.56 Å². The summed E-state index contributed by atoms with van der Waals surface area (Å²) < 4.78 is 5.46. The van der Waals surface area contributed by atoms with Gasteiger partial charge in [0.25, 0.3) is 5.91 Å². The maximum absolute atomic E-state index is 12.5. The Morgan fingerprint density at radius 3 is 2.19 bits per heavy atom. The molecule has 1 aliphatic carbocycles. The van der Waals surface area contributed by atoms with E-state index in [0.29, 0.717) is 35.8 Å². The fourth-order valence-electron chi connectivity index (χ4n) is 3.05. The highest BCUT2D eigenvalue weighted by Crippen LogP contribution is 2.33. The molecule has 5 heteroatoms. The average Bonchev–Trinajstić information content (AvgIpc) is 2.66. The normalized spacial score (nSPS) is 25.6. The van der Waals surface area contributed by atoms with E-state index < -0.39 is 11.5 Å². The monoisotopic (exact) mass is 293 g/mol. The Balaban J connectivity index is 2.25. The van der Waals surface area contributed by atoms with Crippen molar-refractivity contribution in [1.29, 1.82) is 0 Å². The predicted molar refractivity (Wildman–Crippen MR) is 78.4 cm³/mol. The third-order valence-electron chi connectivity index (χ3n) is 4.68. The van der Waals surface area contributed by atoms with Crippen molar-refractivity contribution in [3.63, 3.8) is 0 Å². The van der Waals surface area contributed by atoms with Crippen molar-refractivity contribution in [2.45, 2.75) is 58.9 Å². The van der Waals surface area contributed by atoms with Gasteiger partial charge in [-0.2, -0.15) is 0 Å². The Morgan fingerprint density at radius 2 is 1.76 bits per heavy atom. The van der Waals surface area contributed by atoms with E-state index in [4.69, 9.17) is 4.42 Å². The summed E-state index contributed by atoms with van der Waals surface area (Å²) in [4.78, 5) is 24.2. The molecule has 2 rings (SSSR count). The molecule has 0 saturated heterocycles. The van der Waals surface area contributed by atoms with E-state index in [9.17, 15) is 14.7 Å². The topological polar surface area (TPSA) is 79.5 Å². The van der Waals surface area contributed by atoms with Gasteiger partial charge >= 0.3 is 5.97 Å². The molecule has 5 nitrogen and oxygen atoms in total. The number of carboxylic acids is 1. The van der Waals surface area contributed by atoms with Crippen molar-refractivity contribution in [2.75, 3.05) is 0 Å². The van der Waals surface area contributed by atoms with Gasteiger partial charge in [0.05, 0.1) is 5.56 Å². The molecule has 1 amide bonds. The van der Waals surface area contributed by atoms with E-state index in [0.717, 1.165) is 18.4 Å². The van der Waals surface area contributed by atoms with Crippen LogP contribution in [0.15, 0.2) is 4.42 Å². The molecule has 0 radical (unpaired) electrons. The van der Waals surface area contributed by atoms with Crippen LogP contribution in [0.4, 0.5) is 0 Å². The minimum absolute atomic E-state index is 0.348. The van der Waals surface area contributed by atoms with Gasteiger partial charge < -0.3 is 14.8 Å². The van der Waals surface area contributed by atoms with E-state index in [1.807, 2.05) is 6.92 Å². The third kappa shape index (κ3) is 2.82. The smallest absolute Gasteiger partial charge is 0.329 e. The number of rotatable bonds is 3. The minimum Gasteiger partial charge on any atom is -0.480 e. The lowest BCUT2D eigenvalue weighted by molar-refractivity contribution is -0.146. The van der Waals surface area contributed by atoms with Gasteiger partial charge in [0.15, 0.2) is 0 Å². The molecule has 2 N–H and O–H groups in total. The van der Waals surface area contributed by atoms with Crippen LogP contribution < -0.4 is 5.32 Å². The van der Waals surface area contributed by atoms with Crippen molar-refractivity contribution in [3.05, 3.63) is 22.6 Å². The molecule has 0 spiro atoms. The molecule has 1 aromatic rings. The standard InChI is InChI=1S/C16H23NO4/c1-9-5-7-16(8-6-9,15(19)20)17-14(18)13-10(2)11(3)21-12(13)4/h9H,5-8H2,1-4H3,(H,17,18)(H,19,20). The Bertz CT molecular complexity index is 565. The molecule has 1 aromatic heterocycles. The summed E-state index contributed by atoms with van der Waals surface area (Å²) in [6, 6.07) is 0. The largest absolute Gasteiger partial charge is 0.480 e. The first-order chi connectivity index (χ1) is 9.77. The van der Waals surface area contributed by atoms with E-state index in [1.165, 1.54) is 0 Å². The minimum atomic E-state index is -1.15. The van der Waals surface area contributed by atoms with Crippen LogP contribution in [-0.2, 0) is 4.79 Å². The van der Waals surface area contributed by atoms with Crippen molar-refractivity contribution in [1.82, 2.24) is 5.32 Å². The van der Waals surface area contributed by atoms with Gasteiger partial charge in [0.2, 0.25) is 0 Å². The Kier molecular flexibility index (Phi) is 4.12. The van der Waals surface area contributed by atoms with Crippen molar-refractivity contribution in [2.24, 2.45) is 5.92 Å². The number of amides is 1. The summed E-state index contributed by atoms with van der Waals surface area (Å²) >= 11 is 0. The third-order valence-corrected chi connectivity index (χ3v) is 4.68. The first-order valence-electron chi connectivity index (χ1n) is 7.39. The summed E-state index contributed by atoms with van der Waals surface area (Å²) in [5.41, 5.74) is 0.0923. The summed E-state index contributed by atoms with van der Waals surface area (Å²) in [6.07, 6.45) is 2.58. The zero-order chi connectivity index (χ0) is 15.8. The molecule has 116 valence electrons. The average molecular weight is 293 g/mol. The van der Waals surface area contributed by atoms with Gasteiger partial charge in [-0.1, -0.05) is 6.92 Å². The maximum Gasteiger partial charge on any atom is 0.329 e. The number of carboxylic acid groups (broad SMARTS) is 1. The summed E-state index contributed by atoms with van der Waals surface area (Å²) in [5, 5.41) is 12.3. The number of hydrogen-bond acceptors (Lipinski definition) is 3. The van der Waals surface area contributed by atoms with Gasteiger partial charge in [-0.15, -0.1) is 0 Å². The molecule has 0 atom stereocenters. The van der Waals surface area contributed by atoms with Crippen molar-refractivity contribution in [3.8, 4) is 0 Å². The van der Waals surface area contributed by atoms with Crippen LogP contribution in [0, 0.1) is 26.7 Å². The van der Waals surface area contributed by atoms with E-state index in [2.05, 4.69) is 12.2 Å². The number of nitrogens with one attached hydrogen (secondary N) is 1. The number of furan rings is 1. The summed E-state index contributed by atoms with van der Waals surface area (Å²) in [7, 11) is 0. The molecule has 21 heavy (non-hydrogen) atoms. The van der Waals surface area contributed by atoms with Crippen LogP contribution >= 0.6 is 0 Å². The number of carbonyl (C=O) groups excluding carboxylic acids is 1. The SMILES string of the molecule is Cc1oc(C)c(C(=O)NC2(C(=O)O)CCC(C)CC2)c1C. The molecule has 0 aliphatic heterocycles. The van der Waals surface area contributed by atoms with Gasteiger partial charge in [-0.3, -0.25) is 4.79 Å². The lowest BCUT2D eigenvalue weighted by atomic mass is 9.77. The zero-order valence-electron chi connectivity index (χ0n) is 13.1. The first-order valence-corrected chi connectivity index (χ1v) is 7.39. The summed E-state index contributed by atoms with van der Waals surface area (Å²) in [6.45, 7) is 7.46. The number of aliphatic carboxylic acids is 1. The van der Waals surface area contributed by atoms with Crippen LogP contribution in [0.25, 0.3) is 0 Å². The number of hydrogen-bond donors (Lipinski definition) is 2. The Morgan fingerprint density at radius 1 is 1.19 bits per heavy atom. The van der Waals surface area contributed by atoms with Crippen LogP contribution in [0.1, 0.15) is 60.0 Å². The lowest BCUT2D eigenvalue weighted by Crippen LogP contribution is -2.56. The molecular formula is C16H23NO4. The number of aryl methyl sites for hydroxylation is 2. The molecule has 1 aliphatic rings. The molecule has 0 bridgehead atoms. The molecular weight excluding hydrogens is 270 g/mol. The van der Waals surface area contributed by atoms with Crippen LogP contribution in [0.3, 0.4) is 0 Å². The molecule has 0 aromatic carbocycles. The van der Waals surface area contributed by atoms with Gasteiger partial charge in [-0.05, 0) is 52.4 Å². The highest BCUT2D eigenvalue weighted by Gasteiger charge is 2.43. The second-order valence-electron chi connectivity index (χ2n) is 6.24. The van der Waals surface area contributed by atoms with Crippen LogP contribution in [0.2, 0.25) is 0 Å². The Hall–Kier alpha value is -1.78. The first kappa shape index (κ1) is 15.6. The second kappa shape index (κ2) is 5.54. The van der Waals surface area contributed by atoms with E-state index >= 15 is 0 Å². The number of carbonyl (C=O) groups is 2. The van der Waals surface area contributed by atoms with E-state index in [1.54, 1.807) is 13.8 Å². The van der Waals surface area contributed by atoms with E-state index in [-0.39, 0.29) is 5.91 Å².